The summed E-state index contributed by atoms with van der Waals surface area (Å²) >= 11 is 0. The van der Waals surface area contributed by atoms with Crippen molar-refractivity contribution in [1.29, 1.82) is 0 Å². The van der Waals surface area contributed by atoms with Crippen LogP contribution in [-0.2, 0) is 14.3 Å². The first-order valence-corrected chi connectivity index (χ1v) is 6.02. The van der Waals surface area contributed by atoms with Crippen LogP contribution in [0.3, 0.4) is 0 Å². The van der Waals surface area contributed by atoms with E-state index in [-0.39, 0.29) is 24.2 Å². The summed E-state index contributed by atoms with van der Waals surface area (Å²) in [5.41, 5.74) is 0. The molecule has 0 aliphatic carbocycles. The van der Waals surface area contributed by atoms with Crippen molar-refractivity contribution in [3.8, 4) is 0 Å². The van der Waals surface area contributed by atoms with Crippen molar-refractivity contribution < 1.29 is 29.0 Å². The average molecular weight is 271 g/mol. The van der Waals surface area contributed by atoms with E-state index in [1.54, 1.807) is 6.08 Å². The van der Waals surface area contributed by atoms with Gasteiger partial charge in [-0.05, 0) is 0 Å². The number of carboxylic acid groups (broad SMARTS) is 2. The first-order valence-electron chi connectivity index (χ1n) is 6.02. The smallest absolute Gasteiger partial charge is 0.359 e. The molecule has 0 aromatic heterocycles. The number of aliphatic carboxylic acids is 2. The summed E-state index contributed by atoms with van der Waals surface area (Å²) in [6.07, 6.45) is 2.23. The fourth-order valence-electron chi connectivity index (χ4n) is 2.18. The van der Waals surface area contributed by atoms with Crippen LogP contribution in [-0.4, -0.2) is 71.9 Å². The Bertz CT molecular complexity index is 394. The number of ether oxygens (including phenoxy) is 1. The first-order chi connectivity index (χ1) is 9.00. The molecular formula is C12H19N2O5+. The van der Waals surface area contributed by atoms with Gasteiger partial charge in [0.2, 0.25) is 5.84 Å². The molecule has 1 aliphatic heterocycles. The number of aliphatic imine (C=N–C) groups is 1. The lowest BCUT2D eigenvalue weighted by Crippen LogP contribution is -2.55. The van der Waals surface area contributed by atoms with Gasteiger partial charge < -0.3 is 14.9 Å². The fourth-order valence-corrected chi connectivity index (χ4v) is 2.18. The molecule has 1 aliphatic rings. The molecule has 0 amide bonds. The molecule has 0 saturated carbocycles. The minimum Gasteiger partial charge on any atom is -0.480 e. The summed E-state index contributed by atoms with van der Waals surface area (Å²) in [5, 5.41) is 17.5. The Kier molecular flexibility index (Phi) is 5.65. The third-order valence-electron chi connectivity index (χ3n) is 3.02. The third kappa shape index (κ3) is 4.46. The molecule has 0 bridgehead atoms. The number of carbonyl (C=O) groups is 2. The zero-order chi connectivity index (χ0) is 14.3. The Balaban J connectivity index is 2.65. The molecule has 0 aromatic rings. The van der Waals surface area contributed by atoms with Crippen LogP contribution in [0.4, 0.5) is 0 Å². The summed E-state index contributed by atoms with van der Waals surface area (Å²) in [6.45, 7) is 4.98. The van der Waals surface area contributed by atoms with Crippen LogP contribution in [0.2, 0.25) is 0 Å². The van der Waals surface area contributed by atoms with Gasteiger partial charge in [0.05, 0.1) is 19.6 Å². The number of amidine groups is 1. The number of carboxylic acids is 2. The van der Waals surface area contributed by atoms with Gasteiger partial charge in [0.15, 0.2) is 6.54 Å². The monoisotopic (exact) mass is 271 g/mol. The molecule has 0 fully saturated rings. The molecule has 0 aromatic carbocycles. The molecular weight excluding hydrogens is 252 g/mol. The second-order valence-corrected chi connectivity index (χ2v) is 4.38. The Morgan fingerprint density at radius 1 is 1.42 bits per heavy atom. The SMILES string of the molecule is C=CCC1=NCC[N+]1(CCOCC(=O)O)CC(=O)O. The zero-order valence-electron chi connectivity index (χ0n) is 10.7. The van der Waals surface area contributed by atoms with Crippen LogP contribution in [0.1, 0.15) is 6.42 Å². The highest BCUT2D eigenvalue weighted by atomic mass is 16.5. The maximum atomic E-state index is 11.0. The minimum absolute atomic E-state index is 0.0664. The molecule has 1 heterocycles. The maximum absolute atomic E-state index is 11.0. The molecule has 0 saturated heterocycles. The Hall–Kier alpha value is -1.73. The lowest BCUT2D eigenvalue weighted by molar-refractivity contribution is -0.829. The summed E-state index contributed by atoms with van der Waals surface area (Å²) in [6, 6.07) is 0. The normalized spacial score (nSPS) is 22.0. The molecule has 2 N–H and O–H groups in total. The molecule has 7 nitrogen and oxygen atoms in total. The van der Waals surface area contributed by atoms with Gasteiger partial charge in [0.1, 0.15) is 19.7 Å². The second kappa shape index (κ2) is 7.01. The van der Waals surface area contributed by atoms with Crippen LogP contribution >= 0.6 is 0 Å². The molecule has 1 rings (SSSR count). The van der Waals surface area contributed by atoms with Gasteiger partial charge in [-0.1, -0.05) is 6.08 Å². The summed E-state index contributed by atoms with van der Waals surface area (Å²) in [4.78, 5) is 25.7. The molecule has 0 radical (unpaired) electrons. The molecule has 106 valence electrons. The van der Waals surface area contributed by atoms with Crippen molar-refractivity contribution in [2.24, 2.45) is 4.99 Å². The van der Waals surface area contributed by atoms with E-state index in [9.17, 15) is 9.59 Å². The largest absolute Gasteiger partial charge is 0.480 e. The maximum Gasteiger partial charge on any atom is 0.359 e. The van der Waals surface area contributed by atoms with Crippen LogP contribution in [0.15, 0.2) is 17.6 Å². The zero-order valence-corrected chi connectivity index (χ0v) is 10.7. The predicted molar refractivity (Wildman–Crippen MR) is 68.1 cm³/mol. The van der Waals surface area contributed by atoms with Gasteiger partial charge in [-0.15, -0.1) is 6.58 Å². The highest BCUT2D eigenvalue weighted by molar-refractivity contribution is 5.81. The van der Waals surface area contributed by atoms with Gasteiger partial charge in [0.25, 0.3) is 0 Å². The molecule has 7 heteroatoms. The van der Waals surface area contributed by atoms with Crippen molar-refractivity contribution in [2.45, 2.75) is 6.42 Å². The van der Waals surface area contributed by atoms with E-state index in [0.717, 1.165) is 5.84 Å². The van der Waals surface area contributed by atoms with Gasteiger partial charge >= 0.3 is 11.9 Å². The van der Waals surface area contributed by atoms with Crippen LogP contribution < -0.4 is 0 Å². The Morgan fingerprint density at radius 2 is 2.16 bits per heavy atom. The van der Waals surface area contributed by atoms with Crippen molar-refractivity contribution in [2.75, 3.05) is 39.4 Å². The molecule has 1 atom stereocenters. The Labute approximate surface area is 111 Å². The van der Waals surface area contributed by atoms with E-state index in [1.807, 2.05) is 0 Å². The Morgan fingerprint density at radius 3 is 2.74 bits per heavy atom. The van der Waals surface area contributed by atoms with Crippen molar-refractivity contribution >= 4 is 17.8 Å². The van der Waals surface area contributed by atoms with E-state index in [0.29, 0.717) is 26.1 Å². The van der Waals surface area contributed by atoms with E-state index < -0.39 is 11.9 Å². The fraction of sp³-hybridized carbons (Fsp3) is 0.583. The minimum atomic E-state index is -1.04. The summed E-state index contributed by atoms with van der Waals surface area (Å²) in [5.74, 6) is -1.17. The third-order valence-corrected chi connectivity index (χ3v) is 3.02. The standard InChI is InChI=1S/C12H18N2O5/c1-2-3-10-13-4-5-14(10,8-11(15)16)6-7-19-9-12(17)18/h2H,1,3-9H2,(H-,15,16,17,18)/p+1. The van der Waals surface area contributed by atoms with Crippen molar-refractivity contribution in [3.63, 3.8) is 0 Å². The van der Waals surface area contributed by atoms with Crippen LogP contribution in [0.5, 0.6) is 0 Å². The van der Waals surface area contributed by atoms with Crippen molar-refractivity contribution in [1.82, 2.24) is 0 Å². The number of hydrogen-bond acceptors (Lipinski definition) is 4. The number of quaternary nitrogens is 1. The summed E-state index contributed by atoms with van der Waals surface area (Å²) < 4.78 is 5.22. The molecule has 1 unspecified atom stereocenters. The summed E-state index contributed by atoms with van der Waals surface area (Å²) in [7, 11) is 0. The van der Waals surface area contributed by atoms with Crippen molar-refractivity contribution in [3.05, 3.63) is 12.7 Å². The van der Waals surface area contributed by atoms with Gasteiger partial charge in [-0.25, -0.2) is 14.6 Å². The first kappa shape index (κ1) is 15.3. The predicted octanol–water partition coefficient (Wildman–Crippen LogP) is -0.0228. The van der Waals surface area contributed by atoms with Crippen LogP contribution in [0.25, 0.3) is 0 Å². The second-order valence-electron chi connectivity index (χ2n) is 4.38. The highest BCUT2D eigenvalue weighted by Crippen LogP contribution is 2.18. The van der Waals surface area contributed by atoms with E-state index in [4.69, 9.17) is 14.9 Å². The van der Waals surface area contributed by atoms with Crippen LogP contribution in [0, 0.1) is 0 Å². The quantitative estimate of drug-likeness (QED) is 0.349. The highest BCUT2D eigenvalue weighted by Gasteiger charge is 2.39. The van der Waals surface area contributed by atoms with E-state index in [2.05, 4.69) is 11.6 Å². The van der Waals surface area contributed by atoms with E-state index in [1.165, 1.54) is 0 Å². The van der Waals surface area contributed by atoms with Gasteiger partial charge in [-0.3, -0.25) is 4.48 Å². The van der Waals surface area contributed by atoms with Gasteiger partial charge in [0, 0.05) is 0 Å². The molecule has 19 heavy (non-hydrogen) atoms. The molecule has 0 spiro atoms. The average Bonchev–Trinajstić information content (AvgIpc) is 2.68. The lowest BCUT2D eigenvalue weighted by Gasteiger charge is -2.32. The van der Waals surface area contributed by atoms with E-state index >= 15 is 0 Å². The lowest BCUT2D eigenvalue weighted by atomic mass is 10.2. The topological polar surface area (TPSA) is 96.2 Å². The van der Waals surface area contributed by atoms with Gasteiger partial charge in [-0.2, -0.15) is 0 Å². The number of nitrogens with zero attached hydrogens (tertiary/aromatic N) is 2. The number of hydrogen-bond donors (Lipinski definition) is 2. The number of rotatable bonds is 9.